The van der Waals surface area contributed by atoms with Gasteiger partial charge >= 0.3 is 0 Å². The van der Waals surface area contributed by atoms with Crippen LogP contribution in [-0.2, 0) is 4.79 Å². The molecular formula is C14H18N2O4. The smallest absolute Gasteiger partial charge is 0.269 e. The molecule has 6 nitrogen and oxygen atoms in total. The highest BCUT2D eigenvalue weighted by Gasteiger charge is 2.07. The van der Waals surface area contributed by atoms with Gasteiger partial charge in [0.25, 0.3) is 5.69 Å². The van der Waals surface area contributed by atoms with E-state index in [2.05, 4.69) is 5.32 Å². The van der Waals surface area contributed by atoms with Crippen molar-refractivity contribution in [2.45, 2.75) is 25.8 Å². The van der Waals surface area contributed by atoms with Gasteiger partial charge in [-0.05, 0) is 36.6 Å². The van der Waals surface area contributed by atoms with Crippen LogP contribution in [0.1, 0.15) is 25.3 Å². The summed E-state index contributed by atoms with van der Waals surface area (Å²) in [7, 11) is 0. The third-order valence-corrected chi connectivity index (χ3v) is 2.85. The van der Waals surface area contributed by atoms with Gasteiger partial charge in [-0.1, -0.05) is 6.92 Å². The number of nitro benzene ring substituents is 1. The van der Waals surface area contributed by atoms with Crippen molar-refractivity contribution in [3.8, 4) is 0 Å². The monoisotopic (exact) mass is 278 g/mol. The number of carbonyl (C=O) groups excluding carboxylic acids is 1. The lowest BCUT2D eigenvalue weighted by molar-refractivity contribution is -0.384. The first kappa shape index (κ1) is 15.8. The molecular weight excluding hydrogens is 260 g/mol. The molecule has 0 aliphatic heterocycles. The normalized spacial score (nSPS) is 12.3. The van der Waals surface area contributed by atoms with Crippen LogP contribution in [-0.4, -0.2) is 28.6 Å². The van der Waals surface area contributed by atoms with Crippen molar-refractivity contribution in [1.82, 2.24) is 5.32 Å². The second-order valence-electron chi connectivity index (χ2n) is 4.31. The average Bonchev–Trinajstić information content (AvgIpc) is 2.45. The summed E-state index contributed by atoms with van der Waals surface area (Å²) < 4.78 is 0. The number of non-ortho nitro benzene ring substituents is 1. The van der Waals surface area contributed by atoms with E-state index in [-0.39, 0.29) is 24.2 Å². The van der Waals surface area contributed by atoms with E-state index in [9.17, 15) is 14.9 Å². The van der Waals surface area contributed by atoms with Gasteiger partial charge in [-0.15, -0.1) is 0 Å². The molecule has 0 saturated heterocycles. The summed E-state index contributed by atoms with van der Waals surface area (Å²) in [4.78, 5) is 21.7. The van der Waals surface area contributed by atoms with Crippen molar-refractivity contribution in [2.24, 2.45) is 0 Å². The number of nitro groups is 1. The molecule has 0 radical (unpaired) electrons. The third-order valence-electron chi connectivity index (χ3n) is 2.85. The van der Waals surface area contributed by atoms with Crippen LogP contribution in [0.3, 0.4) is 0 Å². The van der Waals surface area contributed by atoms with Crippen LogP contribution in [0.25, 0.3) is 6.08 Å². The highest BCUT2D eigenvalue weighted by molar-refractivity contribution is 5.91. The largest absolute Gasteiger partial charge is 0.396 e. The van der Waals surface area contributed by atoms with Gasteiger partial charge < -0.3 is 10.4 Å². The molecule has 2 N–H and O–H groups in total. The Morgan fingerprint density at radius 3 is 2.60 bits per heavy atom. The molecule has 0 aromatic heterocycles. The number of rotatable bonds is 7. The molecule has 1 atom stereocenters. The fraction of sp³-hybridized carbons (Fsp3) is 0.357. The highest BCUT2D eigenvalue weighted by Crippen LogP contribution is 2.12. The molecule has 20 heavy (non-hydrogen) atoms. The van der Waals surface area contributed by atoms with Crippen LogP contribution in [0.15, 0.2) is 30.3 Å². The molecule has 0 saturated carbocycles. The molecule has 1 unspecified atom stereocenters. The van der Waals surface area contributed by atoms with Crippen molar-refractivity contribution >= 4 is 17.7 Å². The van der Waals surface area contributed by atoms with Crippen molar-refractivity contribution in [1.29, 1.82) is 0 Å². The van der Waals surface area contributed by atoms with Gasteiger partial charge in [0, 0.05) is 30.9 Å². The van der Waals surface area contributed by atoms with Crippen molar-refractivity contribution in [2.75, 3.05) is 6.61 Å². The molecule has 0 spiro atoms. The van der Waals surface area contributed by atoms with E-state index in [0.717, 1.165) is 6.42 Å². The Morgan fingerprint density at radius 1 is 1.45 bits per heavy atom. The molecule has 1 aromatic carbocycles. The van der Waals surface area contributed by atoms with E-state index in [1.165, 1.54) is 18.2 Å². The Morgan fingerprint density at radius 2 is 2.10 bits per heavy atom. The SMILES string of the molecule is CCC(CCO)NC(=O)/C=C/c1ccc([N+](=O)[O-])cc1. The topological polar surface area (TPSA) is 92.5 Å². The summed E-state index contributed by atoms with van der Waals surface area (Å²) >= 11 is 0. The second kappa shape index (κ2) is 8.06. The Hall–Kier alpha value is -2.21. The molecule has 1 aromatic rings. The van der Waals surface area contributed by atoms with Crippen LogP contribution >= 0.6 is 0 Å². The number of aliphatic hydroxyl groups is 1. The minimum atomic E-state index is -0.471. The minimum Gasteiger partial charge on any atom is -0.396 e. The summed E-state index contributed by atoms with van der Waals surface area (Å²) in [6.07, 6.45) is 4.23. The fourth-order valence-corrected chi connectivity index (χ4v) is 1.66. The first-order chi connectivity index (χ1) is 9.56. The lowest BCUT2D eigenvalue weighted by atomic mass is 10.1. The molecule has 0 aliphatic rings. The quantitative estimate of drug-likeness (QED) is 0.452. The standard InChI is InChI=1S/C14H18N2O4/c1-2-12(9-10-17)15-14(18)8-5-11-3-6-13(7-4-11)16(19)20/h3-8,12,17H,2,9-10H2,1H3,(H,15,18)/b8-5+. The lowest BCUT2D eigenvalue weighted by Gasteiger charge is -2.13. The van der Waals surface area contributed by atoms with E-state index in [0.29, 0.717) is 12.0 Å². The van der Waals surface area contributed by atoms with E-state index in [1.807, 2.05) is 6.92 Å². The second-order valence-corrected chi connectivity index (χ2v) is 4.31. The predicted octanol–water partition coefficient (Wildman–Crippen LogP) is 1.89. The Bertz CT molecular complexity index is 482. The van der Waals surface area contributed by atoms with E-state index < -0.39 is 4.92 Å². The molecule has 0 bridgehead atoms. The molecule has 0 fully saturated rings. The van der Waals surface area contributed by atoms with Gasteiger partial charge in [0.1, 0.15) is 0 Å². The van der Waals surface area contributed by atoms with Crippen molar-refractivity contribution in [3.63, 3.8) is 0 Å². The molecule has 0 heterocycles. The van der Waals surface area contributed by atoms with E-state index >= 15 is 0 Å². The Balaban J connectivity index is 2.58. The maximum atomic E-state index is 11.6. The summed E-state index contributed by atoms with van der Waals surface area (Å²) in [6.45, 7) is 1.96. The zero-order valence-electron chi connectivity index (χ0n) is 11.3. The van der Waals surface area contributed by atoms with Gasteiger partial charge in [0.05, 0.1) is 4.92 Å². The molecule has 0 aliphatic carbocycles. The molecule has 1 rings (SSSR count). The number of nitrogens with zero attached hydrogens (tertiary/aromatic N) is 1. The minimum absolute atomic E-state index is 0.0144. The van der Waals surface area contributed by atoms with E-state index in [4.69, 9.17) is 5.11 Å². The number of carbonyl (C=O) groups is 1. The number of nitrogens with one attached hydrogen (secondary N) is 1. The maximum absolute atomic E-state index is 11.6. The highest BCUT2D eigenvalue weighted by atomic mass is 16.6. The summed E-state index contributed by atoms with van der Waals surface area (Å²) in [5.41, 5.74) is 0.724. The fourth-order valence-electron chi connectivity index (χ4n) is 1.66. The maximum Gasteiger partial charge on any atom is 0.269 e. The van der Waals surface area contributed by atoms with Gasteiger partial charge in [0.2, 0.25) is 5.91 Å². The van der Waals surface area contributed by atoms with Gasteiger partial charge in [-0.2, -0.15) is 0 Å². The van der Waals surface area contributed by atoms with Crippen LogP contribution in [0, 0.1) is 10.1 Å². The van der Waals surface area contributed by atoms with Gasteiger partial charge in [-0.3, -0.25) is 14.9 Å². The van der Waals surface area contributed by atoms with E-state index in [1.54, 1.807) is 18.2 Å². The van der Waals surface area contributed by atoms with Crippen molar-refractivity contribution < 1.29 is 14.8 Å². The van der Waals surface area contributed by atoms with Crippen LogP contribution in [0.2, 0.25) is 0 Å². The van der Waals surface area contributed by atoms with Gasteiger partial charge in [0.15, 0.2) is 0 Å². The molecule has 108 valence electrons. The number of aliphatic hydroxyl groups excluding tert-OH is 1. The first-order valence-corrected chi connectivity index (χ1v) is 6.40. The first-order valence-electron chi connectivity index (χ1n) is 6.40. The zero-order chi connectivity index (χ0) is 15.0. The molecule has 6 heteroatoms. The molecule has 1 amide bonds. The number of hydrogen-bond donors (Lipinski definition) is 2. The van der Waals surface area contributed by atoms with Gasteiger partial charge in [-0.25, -0.2) is 0 Å². The summed E-state index contributed by atoms with van der Waals surface area (Å²) in [5.74, 6) is -0.247. The van der Waals surface area contributed by atoms with Crippen LogP contribution in [0.4, 0.5) is 5.69 Å². The average molecular weight is 278 g/mol. The van der Waals surface area contributed by atoms with Crippen LogP contribution < -0.4 is 5.32 Å². The summed E-state index contributed by atoms with van der Waals surface area (Å²) in [6, 6.07) is 5.88. The third kappa shape index (κ3) is 5.19. The Labute approximate surface area is 117 Å². The number of amides is 1. The Kier molecular flexibility index (Phi) is 6.39. The number of benzene rings is 1. The predicted molar refractivity (Wildman–Crippen MR) is 76.1 cm³/mol. The number of hydrogen-bond acceptors (Lipinski definition) is 4. The lowest BCUT2D eigenvalue weighted by Crippen LogP contribution is -2.33. The van der Waals surface area contributed by atoms with Crippen LogP contribution in [0.5, 0.6) is 0 Å². The van der Waals surface area contributed by atoms with Crippen molar-refractivity contribution in [3.05, 3.63) is 46.0 Å². The zero-order valence-corrected chi connectivity index (χ0v) is 11.3. The summed E-state index contributed by atoms with van der Waals surface area (Å²) in [5, 5.41) is 22.1.